The van der Waals surface area contributed by atoms with Crippen molar-refractivity contribution in [1.82, 2.24) is 15.3 Å². The fourth-order valence-electron chi connectivity index (χ4n) is 2.79. The molecule has 1 heterocycles. The summed E-state index contributed by atoms with van der Waals surface area (Å²) in [5, 5.41) is 6.78. The van der Waals surface area contributed by atoms with Gasteiger partial charge in [-0.15, -0.1) is 0 Å². The van der Waals surface area contributed by atoms with Gasteiger partial charge in [0, 0.05) is 6.54 Å². The van der Waals surface area contributed by atoms with Crippen molar-refractivity contribution in [3.8, 4) is 0 Å². The van der Waals surface area contributed by atoms with Crippen LogP contribution in [0.25, 0.3) is 0 Å². The molecule has 1 aromatic heterocycles. The highest BCUT2D eigenvalue weighted by Gasteiger charge is 2.35. The fourth-order valence-corrected chi connectivity index (χ4v) is 2.96. The van der Waals surface area contributed by atoms with Gasteiger partial charge in [-0.3, -0.25) is 0 Å². The number of hydrogen-bond acceptors (Lipinski definition) is 5. The number of hydrogen-bond donors (Lipinski definition) is 2. The van der Waals surface area contributed by atoms with Crippen molar-refractivity contribution < 1.29 is 9.53 Å². The molecule has 1 aromatic rings. The van der Waals surface area contributed by atoms with E-state index in [1.807, 2.05) is 20.8 Å². The Labute approximate surface area is 142 Å². The standard InChI is InChI=1S/C16H25ClN4O2/c1-15(2,3)23-14(22)21-16(7-5-4-6-8-16)10-19-13-12(17)9-18-11-20-13/h9,11H,4-8,10H2,1-3H3,(H,21,22)(H,18,19,20). The predicted molar refractivity (Wildman–Crippen MR) is 90.7 cm³/mol. The summed E-state index contributed by atoms with van der Waals surface area (Å²) in [6, 6.07) is 0. The van der Waals surface area contributed by atoms with E-state index in [-0.39, 0.29) is 11.6 Å². The van der Waals surface area contributed by atoms with Gasteiger partial charge in [-0.05, 0) is 33.6 Å². The van der Waals surface area contributed by atoms with Gasteiger partial charge in [-0.25, -0.2) is 14.8 Å². The smallest absolute Gasteiger partial charge is 0.408 e. The summed E-state index contributed by atoms with van der Waals surface area (Å²) in [4.78, 5) is 20.2. The number of alkyl carbamates (subject to hydrolysis) is 1. The van der Waals surface area contributed by atoms with Gasteiger partial charge in [0.15, 0.2) is 0 Å². The van der Waals surface area contributed by atoms with Crippen LogP contribution < -0.4 is 10.6 Å². The number of rotatable bonds is 4. The zero-order valence-electron chi connectivity index (χ0n) is 14.0. The fraction of sp³-hybridized carbons (Fsp3) is 0.688. The molecule has 2 N–H and O–H groups in total. The Morgan fingerprint density at radius 2 is 2.04 bits per heavy atom. The molecule has 1 saturated carbocycles. The third kappa shape index (κ3) is 5.53. The number of amides is 1. The second kappa shape index (κ2) is 7.34. The number of halogens is 1. The first-order chi connectivity index (χ1) is 10.8. The summed E-state index contributed by atoms with van der Waals surface area (Å²) in [7, 11) is 0. The van der Waals surface area contributed by atoms with Crippen LogP contribution in [0.2, 0.25) is 5.02 Å². The van der Waals surface area contributed by atoms with Crippen LogP contribution in [0.3, 0.4) is 0 Å². The van der Waals surface area contributed by atoms with Gasteiger partial charge in [-0.1, -0.05) is 30.9 Å². The Kier molecular flexibility index (Phi) is 5.68. The molecule has 0 bridgehead atoms. The Morgan fingerprint density at radius 3 is 2.65 bits per heavy atom. The molecule has 0 unspecified atom stereocenters. The number of carbonyl (C=O) groups is 1. The van der Waals surface area contributed by atoms with Gasteiger partial charge in [0.05, 0.1) is 11.7 Å². The van der Waals surface area contributed by atoms with Crippen LogP contribution in [0.5, 0.6) is 0 Å². The lowest BCUT2D eigenvalue weighted by atomic mass is 9.81. The molecule has 0 spiro atoms. The number of carbonyl (C=O) groups excluding carboxylic acids is 1. The van der Waals surface area contributed by atoms with Crippen LogP contribution in [0.1, 0.15) is 52.9 Å². The maximum Gasteiger partial charge on any atom is 0.408 e. The third-order valence-corrected chi connectivity index (χ3v) is 4.12. The van der Waals surface area contributed by atoms with Crippen molar-refractivity contribution in [1.29, 1.82) is 0 Å². The van der Waals surface area contributed by atoms with Crippen molar-refractivity contribution in [2.75, 3.05) is 11.9 Å². The predicted octanol–water partition coefficient (Wildman–Crippen LogP) is 3.77. The van der Waals surface area contributed by atoms with E-state index in [1.165, 1.54) is 12.7 Å². The van der Waals surface area contributed by atoms with Crippen molar-refractivity contribution in [3.05, 3.63) is 17.5 Å². The number of ether oxygens (including phenoxy) is 1. The van der Waals surface area contributed by atoms with Gasteiger partial charge >= 0.3 is 6.09 Å². The Bertz CT molecular complexity index is 539. The zero-order chi connectivity index (χ0) is 16.9. The Hall–Kier alpha value is -1.56. The molecule has 1 amide bonds. The van der Waals surface area contributed by atoms with Crippen LogP contribution in [0.15, 0.2) is 12.5 Å². The van der Waals surface area contributed by atoms with E-state index >= 15 is 0 Å². The van der Waals surface area contributed by atoms with E-state index < -0.39 is 5.60 Å². The van der Waals surface area contributed by atoms with Gasteiger partial charge in [0.1, 0.15) is 22.8 Å². The molecule has 1 fully saturated rings. The first kappa shape index (κ1) is 17.8. The highest BCUT2D eigenvalue weighted by Crippen LogP contribution is 2.29. The largest absolute Gasteiger partial charge is 0.444 e. The van der Waals surface area contributed by atoms with E-state index in [0.29, 0.717) is 17.4 Å². The minimum atomic E-state index is -0.511. The Balaban J connectivity index is 2.03. The second-order valence-electron chi connectivity index (χ2n) is 7.04. The van der Waals surface area contributed by atoms with E-state index in [4.69, 9.17) is 16.3 Å². The number of nitrogens with one attached hydrogen (secondary N) is 2. The van der Waals surface area contributed by atoms with Crippen LogP contribution in [0, 0.1) is 0 Å². The van der Waals surface area contributed by atoms with Crippen molar-refractivity contribution in [3.63, 3.8) is 0 Å². The number of nitrogens with zero attached hydrogens (tertiary/aromatic N) is 2. The summed E-state index contributed by atoms with van der Waals surface area (Å²) >= 11 is 6.08. The SMILES string of the molecule is CC(C)(C)OC(=O)NC1(CNc2ncncc2Cl)CCCCC1. The molecule has 7 heteroatoms. The number of anilines is 1. The summed E-state index contributed by atoms with van der Waals surface area (Å²) in [6.45, 7) is 6.14. The molecular weight excluding hydrogens is 316 g/mol. The second-order valence-corrected chi connectivity index (χ2v) is 7.45. The molecule has 128 valence electrons. The van der Waals surface area contributed by atoms with Crippen LogP contribution in [0.4, 0.5) is 10.6 Å². The average Bonchev–Trinajstić information content (AvgIpc) is 2.45. The summed E-state index contributed by atoms with van der Waals surface area (Å²) in [5.41, 5.74) is -0.849. The highest BCUT2D eigenvalue weighted by atomic mass is 35.5. The van der Waals surface area contributed by atoms with Crippen molar-refractivity contribution in [2.45, 2.75) is 64.0 Å². The molecule has 0 radical (unpaired) electrons. The molecule has 0 atom stereocenters. The van der Waals surface area contributed by atoms with Crippen LogP contribution in [-0.4, -0.2) is 33.7 Å². The molecule has 2 rings (SSSR count). The van der Waals surface area contributed by atoms with Gasteiger partial charge in [-0.2, -0.15) is 0 Å². The average molecular weight is 341 g/mol. The van der Waals surface area contributed by atoms with E-state index in [0.717, 1.165) is 25.7 Å². The lowest BCUT2D eigenvalue weighted by molar-refractivity contribution is 0.0434. The molecule has 0 aliphatic heterocycles. The monoisotopic (exact) mass is 340 g/mol. The molecule has 0 saturated heterocycles. The molecule has 1 aliphatic rings. The zero-order valence-corrected chi connectivity index (χ0v) is 14.7. The number of aromatic nitrogens is 2. The first-order valence-electron chi connectivity index (χ1n) is 8.00. The van der Waals surface area contributed by atoms with Gasteiger partial charge in [0.25, 0.3) is 0 Å². The first-order valence-corrected chi connectivity index (χ1v) is 8.38. The highest BCUT2D eigenvalue weighted by molar-refractivity contribution is 6.32. The van der Waals surface area contributed by atoms with Crippen LogP contribution in [-0.2, 0) is 4.74 Å². The van der Waals surface area contributed by atoms with Crippen molar-refractivity contribution >= 4 is 23.5 Å². The van der Waals surface area contributed by atoms with E-state index in [2.05, 4.69) is 20.6 Å². The molecule has 23 heavy (non-hydrogen) atoms. The molecular formula is C16H25ClN4O2. The lowest BCUT2D eigenvalue weighted by Crippen LogP contribution is -2.55. The maximum absolute atomic E-state index is 12.2. The van der Waals surface area contributed by atoms with Gasteiger partial charge in [0.2, 0.25) is 0 Å². The maximum atomic E-state index is 12.2. The normalized spacial score (nSPS) is 17.4. The summed E-state index contributed by atoms with van der Waals surface area (Å²) in [5.74, 6) is 0.581. The quantitative estimate of drug-likeness (QED) is 0.872. The van der Waals surface area contributed by atoms with E-state index in [9.17, 15) is 4.79 Å². The minimum Gasteiger partial charge on any atom is -0.444 e. The topological polar surface area (TPSA) is 76.1 Å². The lowest BCUT2D eigenvalue weighted by Gasteiger charge is -2.38. The van der Waals surface area contributed by atoms with Crippen molar-refractivity contribution in [2.24, 2.45) is 0 Å². The summed E-state index contributed by atoms with van der Waals surface area (Å²) < 4.78 is 5.41. The van der Waals surface area contributed by atoms with Gasteiger partial charge < -0.3 is 15.4 Å². The minimum absolute atomic E-state index is 0.338. The third-order valence-electron chi connectivity index (χ3n) is 3.84. The molecule has 6 nitrogen and oxygen atoms in total. The molecule has 1 aliphatic carbocycles. The summed E-state index contributed by atoms with van der Waals surface area (Å²) in [6.07, 6.45) is 7.77. The van der Waals surface area contributed by atoms with E-state index in [1.54, 1.807) is 6.20 Å². The van der Waals surface area contributed by atoms with Crippen LogP contribution >= 0.6 is 11.6 Å². The Morgan fingerprint density at radius 1 is 1.35 bits per heavy atom. The molecule has 0 aromatic carbocycles.